The molecule has 3 heterocycles. The maximum Gasteiger partial charge on any atom is 0.417 e. The molecule has 0 bridgehead atoms. The fraction of sp³-hybridized carbons (Fsp3) is 0.417. The SMILES string of the molecule is CC1(C)C(=O)N(c2ccc(C#N)c(C(F)(F)F)c2)C2SC2N1c1ccc(O[C@H]2COC[C@@H]2O)cc1. The molecule has 3 aliphatic rings. The molecular weight excluding hydrogens is 483 g/mol. The van der Waals surface area contributed by atoms with Gasteiger partial charge < -0.3 is 19.5 Å². The Labute approximate surface area is 204 Å². The fourth-order valence-electron chi connectivity index (χ4n) is 4.55. The van der Waals surface area contributed by atoms with E-state index < -0.39 is 35.1 Å². The monoisotopic (exact) mass is 505 g/mol. The molecule has 0 aliphatic carbocycles. The molecule has 11 heteroatoms. The lowest BCUT2D eigenvalue weighted by Gasteiger charge is -2.45. The molecule has 5 rings (SSSR count). The molecule has 4 atom stereocenters. The van der Waals surface area contributed by atoms with E-state index in [1.54, 1.807) is 32.0 Å². The molecule has 3 aliphatic heterocycles. The third-order valence-electron chi connectivity index (χ3n) is 6.41. The Morgan fingerprint density at radius 2 is 1.83 bits per heavy atom. The summed E-state index contributed by atoms with van der Waals surface area (Å²) in [4.78, 5) is 16.9. The van der Waals surface area contributed by atoms with Crippen molar-refractivity contribution in [3.05, 3.63) is 53.6 Å². The second kappa shape index (κ2) is 8.33. The van der Waals surface area contributed by atoms with Gasteiger partial charge in [-0.05, 0) is 56.3 Å². The van der Waals surface area contributed by atoms with E-state index in [1.807, 2.05) is 17.0 Å². The third kappa shape index (κ3) is 4.09. The van der Waals surface area contributed by atoms with E-state index in [-0.39, 0.29) is 28.9 Å². The normalized spacial score (nSPS) is 27.4. The van der Waals surface area contributed by atoms with Crippen LogP contribution in [0.1, 0.15) is 25.0 Å². The number of ether oxygens (including phenoxy) is 2. The Hall–Kier alpha value is -2.94. The number of thioether (sulfide) groups is 1. The van der Waals surface area contributed by atoms with E-state index in [9.17, 15) is 23.1 Å². The fourth-order valence-corrected chi connectivity index (χ4v) is 5.83. The predicted octanol–water partition coefficient (Wildman–Crippen LogP) is 3.75. The van der Waals surface area contributed by atoms with Crippen LogP contribution in [0.5, 0.6) is 5.75 Å². The Morgan fingerprint density at radius 1 is 1.14 bits per heavy atom. The molecule has 0 radical (unpaired) electrons. The number of nitrogens with zero attached hydrogens (tertiary/aromatic N) is 3. The predicted molar refractivity (Wildman–Crippen MR) is 123 cm³/mol. The summed E-state index contributed by atoms with van der Waals surface area (Å²) in [6.07, 6.45) is -5.84. The first-order valence-electron chi connectivity index (χ1n) is 10.9. The maximum atomic E-state index is 13.6. The number of amides is 1. The summed E-state index contributed by atoms with van der Waals surface area (Å²) < 4.78 is 51.5. The summed E-state index contributed by atoms with van der Waals surface area (Å²) in [5.74, 6) is 0.219. The van der Waals surface area contributed by atoms with Crippen LogP contribution in [-0.4, -0.2) is 52.7 Å². The summed E-state index contributed by atoms with van der Waals surface area (Å²) in [6.45, 7) is 4.01. The molecule has 2 aromatic rings. The summed E-state index contributed by atoms with van der Waals surface area (Å²) in [6, 6.07) is 12.1. The van der Waals surface area contributed by atoms with Gasteiger partial charge >= 0.3 is 6.18 Å². The van der Waals surface area contributed by atoms with Crippen LogP contribution in [0.2, 0.25) is 0 Å². The number of rotatable bonds is 4. The van der Waals surface area contributed by atoms with Gasteiger partial charge in [0.2, 0.25) is 0 Å². The molecule has 2 aromatic carbocycles. The van der Waals surface area contributed by atoms with Crippen molar-refractivity contribution in [2.45, 2.75) is 48.5 Å². The minimum atomic E-state index is -4.71. The zero-order valence-electron chi connectivity index (χ0n) is 18.8. The van der Waals surface area contributed by atoms with Crippen LogP contribution in [0.15, 0.2) is 42.5 Å². The number of benzene rings is 2. The standard InChI is InChI=1S/C24H22F3N3O4S/c1-23(2)22(32)29(15-4-3-13(10-28)17(9-15)24(25,26)27)20-21(35-20)30(23)14-5-7-16(8-6-14)34-19-12-33-11-18(19)31/h3-9,18-21,31H,11-12H2,1-2H3/t18-,19-,20?,21?/m0/s1. The molecule has 35 heavy (non-hydrogen) atoms. The molecule has 3 saturated heterocycles. The lowest BCUT2D eigenvalue weighted by molar-refractivity contribution is -0.137. The van der Waals surface area contributed by atoms with Crippen molar-refractivity contribution in [1.82, 2.24) is 0 Å². The number of alkyl halides is 3. The number of carbonyl (C=O) groups excluding carboxylic acids is 1. The van der Waals surface area contributed by atoms with Gasteiger partial charge in [-0.25, -0.2) is 0 Å². The molecule has 184 valence electrons. The van der Waals surface area contributed by atoms with Crippen molar-refractivity contribution >= 4 is 29.0 Å². The van der Waals surface area contributed by atoms with Crippen LogP contribution >= 0.6 is 11.8 Å². The average Bonchev–Trinajstić information content (AvgIpc) is 3.47. The highest BCUT2D eigenvalue weighted by molar-refractivity contribution is 8.08. The maximum absolute atomic E-state index is 13.6. The van der Waals surface area contributed by atoms with E-state index >= 15 is 0 Å². The highest BCUT2D eigenvalue weighted by Gasteiger charge is 2.61. The Kier molecular flexibility index (Phi) is 5.66. The third-order valence-corrected chi connectivity index (χ3v) is 7.59. The number of nitriles is 1. The Morgan fingerprint density at radius 3 is 2.43 bits per heavy atom. The number of carbonyl (C=O) groups is 1. The summed E-state index contributed by atoms with van der Waals surface area (Å²) in [5, 5.41) is 18.5. The van der Waals surface area contributed by atoms with Gasteiger partial charge in [-0.3, -0.25) is 9.69 Å². The van der Waals surface area contributed by atoms with Crippen LogP contribution in [0.3, 0.4) is 0 Å². The molecule has 0 saturated carbocycles. The van der Waals surface area contributed by atoms with E-state index in [0.717, 1.165) is 17.8 Å². The minimum absolute atomic E-state index is 0.120. The number of anilines is 2. The minimum Gasteiger partial charge on any atom is -0.485 e. The number of piperazine rings is 1. The molecule has 0 spiro atoms. The number of fused-ring (bicyclic) bond motifs is 1. The molecule has 0 aromatic heterocycles. The lowest BCUT2D eigenvalue weighted by Crippen LogP contribution is -2.63. The number of halogens is 3. The van der Waals surface area contributed by atoms with Crippen LogP contribution < -0.4 is 14.5 Å². The van der Waals surface area contributed by atoms with Gasteiger partial charge in [0.05, 0.1) is 30.4 Å². The first kappa shape index (κ1) is 23.8. The van der Waals surface area contributed by atoms with Gasteiger partial charge in [0.25, 0.3) is 5.91 Å². The van der Waals surface area contributed by atoms with E-state index in [2.05, 4.69) is 0 Å². The first-order chi connectivity index (χ1) is 16.5. The second-order valence-electron chi connectivity index (χ2n) is 9.12. The van der Waals surface area contributed by atoms with Gasteiger partial charge in [-0.15, -0.1) is 11.8 Å². The average molecular weight is 506 g/mol. The largest absolute Gasteiger partial charge is 0.485 e. The van der Waals surface area contributed by atoms with Crippen molar-refractivity contribution in [3.8, 4) is 11.8 Å². The molecular formula is C24H22F3N3O4S. The molecule has 3 fully saturated rings. The highest BCUT2D eigenvalue weighted by atomic mass is 32.2. The highest BCUT2D eigenvalue weighted by Crippen LogP contribution is 2.55. The second-order valence-corrected chi connectivity index (χ2v) is 10.4. The number of hydrogen-bond donors (Lipinski definition) is 1. The van der Waals surface area contributed by atoms with Gasteiger partial charge in [0, 0.05) is 11.4 Å². The van der Waals surface area contributed by atoms with E-state index in [1.165, 1.54) is 22.7 Å². The van der Waals surface area contributed by atoms with Crippen LogP contribution in [-0.2, 0) is 15.7 Å². The zero-order valence-corrected chi connectivity index (χ0v) is 19.6. The summed E-state index contributed by atoms with van der Waals surface area (Å²) >= 11 is 1.47. The van der Waals surface area contributed by atoms with Gasteiger partial charge in [-0.1, -0.05) is 0 Å². The first-order valence-corrected chi connectivity index (χ1v) is 11.9. The zero-order chi connectivity index (χ0) is 25.1. The molecule has 1 N–H and O–H groups in total. The van der Waals surface area contributed by atoms with Crippen LogP contribution in [0.25, 0.3) is 0 Å². The Balaban J connectivity index is 1.40. The van der Waals surface area contributed by atoms with E-state index in [0.29, 0.717) is 12.4 Å². The molecule has 1 amide bonds. The van der Waals surface area contributed by atoms with Crippen molar-refractivity contribution in [2.75, 3.05) is 23.0 Å². The van der Waals surface area contributed by atoms with Crippen molar-refractivity contribution in [3.63, 3.8) is 0 Å². The number of aliphatic hydroxyl groups is 1. The van der Waals surface area contributed by atoms with Gasteiger partial charge in [-0.2, -0.15) is 18.4 Å². The summed E-state index contributed by atoms with van der Waals surface area (Å²) in [5.41, 5.74) is -1.69. The van der Waals surface area contributed by atoms with Crippen LogP contribution in [0.4, 0.5) is 24.5 Å². The Bertz CT molecular complexity index is 1200. The topological polar surface area (TPSA) is 86.0 Å². The van der Waals surface area contributed by atoms with E-state index in [4.69, 9.17) is 14.7 Å². The van der Waals surface area contributed by atoms with Crippen LogP contribution in [0, 0.1) is 11.3 Å². The smallest absolute Gasteiger partial charge is 0.417 e. The molecule has 7 nitrogen and oxygen atoms in total. The van der Waals surface area contributed by atoms with Gasteiger partial charge in [0.15, 0.2) is 0 Å². The van der Waals surface area contributed by atoms with Crippen molar-refractivity contribution in [2.24, 2.45) is 0 Å². The number of hydrogen-bond acceptors (Lipinski definition) is 7. The van der Waals surface area contributed by atoms with Crippen molar-refractivity contribution < 1.29 is 32.5 Å². The quantitative estimate of drug-likeness (QED) is 0.634. The number of aliphatic hydroxyl groups excluding tert-OH is 1. The van der Waals surface area contributed by atoms with Crippen molar-refractivity contribution in [1.29, 1.82) is 5.26 Å². The lowest BCUT2D eigenvalue weighted by atomic mass is 9.95. The summed E-state index contributed by atoms with van der Waals surface area (Å²) in [7, 11) is 0. The van der Waals surface area contributed by atoms with Gasteiger partial charge in [0.1, 0.15) is 34.2 Å². The molecule has 2 unspecified atom stereocenters.